The van der Waals surface area contributed by atoms with Crippen LogP contribution in [0.5, 0.6) is 0 Å². The SMILES string of the molecule is c1ccc(CCCC2CCCN(c3nnc4cccnn34)C2)cc1. The molecule has 124 valence electrons. The van der Waals surface area contributed by atoms with Crippen molar-refractivity contribution < 1.29 is 0 Å². The average molecular weight is 321 g/mol. The normalized spacial score (nSPS) is 18.2. The summed E-state index contributed by atoms with van der Waals surface area (Å²) in [7, 11) is 0. The van der Waals surface area contributed by atoms with Gasteiger partial charge in [-0.25, -0.2) is 0 Å². The standard InChI is InChI=1S/C19H23N5/c1-2-7-16(8-3-1)9-4-10-17-11-6-14-23(15-17)19-22-21-18-12-5-13-20-24(18)19/h1-3,5,7-8,12-13,17H,4,6,9-11,14-15H2. The number of anilines is 1. The van der Waals surface area contributed by atoms with Gasteiger partial charge in [0.05, 0.1) is 0 Å². The molecule has 4 rings (SSSR count). The third-order valence-corrected chi connectivity index (χ3v) is 4.88. The van der Waals surface area contributed by atoms with E-state index in [1.807, 2.05) is 16.6 Å². The highest BCUT2D eigenvalue weighted by molar-refractivity contribution is 5.44. The molecule has 0 spiro atoms. The van der Waals surface area contributed by atoms with Crippen LogP contribution in [-0.4, -0.2) is 32.9 Å². The average Bonchev–Trinajstić information content (AvgIpc) is 3.07. The lowest BCUT2D eigenvalue weighted by Gasteiger charge is -2.32. The molecule has 1 aliphatic rings. The zero-order valence-electron chi connectivity index (χ0n) is 13.9. The Morgan fingerprint density at radius 3 is 2.88 bits per heavy atom. The Labute approximate surface area is 142 Å². The van der Waals surface area contributed by atoms with Gasteiger partial charge in [0.25, 0.3) is 0 Å². The van der Waals surface area contributed by atoms with E-state index in [9.17, 15) is 0 Å². The summed E-state index contributed by atoms with van der Waals surface area (Å²) in [5.74, 6) is 1.62. The van der Waals surface area contributed by atoms with Crippen LogP contribution in [0.1, 0.15) is 31.2 Å². The lowest BCUT2D eigenvalue weighted by molar-refractivity contribution is 0.378. The third kappa shape index (κ3) is 3.25. The maximum Gasteiger partial charge on any atom is 0.248 e. The van der Waals surface area contributed by atoms with Gasteiger partial charge >= 0.3 is 0 Å². The number of fused-ring (bicyclic) bond motifs is 1. The molecule has 1 aliphatic heterocycles. The number of aromatic nitrogens is 4. The molecule has 0 amide bonds. The second kappa shape index (κ2) is 6.99. The molecule has 2 aromatic heterocycles. The summed E-state index contributed by atoms with van der Waals surface area (Å²) in [5.41, 5.74) is 2.26. The first kappa shape index (κ1) is 15.1. The van der Waals surface area contributed by atoms with Gasteiger partial charge in [0, 0.05) is 19.3 Å². The Balaban J connectivity index is 1.37. The van der Waals surface area contributed by atoms with Gasteiger partial charge in [0.2, 0.25) is 5.95 Å². The van der Waals surface area contributed by atoms with Gasteiger partial charge < -0.3 is 4.90 Å². The lowest BCUT2D eigenvalue weighted by atomic mass is 9.92. The number of nitrogens with zero attached hydrogens (tertiary/aromatic N) is 5. The molecule has 0 bridgehead atoms. The number of hydrogen-bond donors (Lipinski definition) is 0. The molecule has 3 aromatic rings. The van der Waals surface area contributed by atoms with Crippen molar-refractivity contribution in [2.75, 3.05) is 18.0 Å². The first-order valence-corrected chi connectivity index (χ1v) is 8.85. The highest BCUT2D eigenvalue weighted by Crippen LogP contribution is 2.25. The van der Waals surface area contributed by atoms with Crippen LogP contribution in [0.25, 0.3) is 5.65 Å². The largest absolute Gasteiger partial charge is 0.339 e. The van der Waals surface area contributed by atoms with E-state index < -0.39 is 0 Å². The topological polar surface area (TPSA) is 46.3 Å². The van der Waals surface area contributed by atoms with Gasteiger partial charge in [-0.15, -0.1) is 10.2 Å². The van der Waals surface area contributed by atoms with Crippen LogP contribution in [-0.2, 0) is 6.42 Å². The minimum atomic E-state index is 0.735. The van der Waals surface area contributed by atoms with Gasteiger partial charge in [-0.2, -0.15) is 9.61 Å². The van der Waals surface area contributed by atoms with Crippen molar-refractivity contribution in [2.45, 2.75) is 32.1 Å². The molecular weight excluding hydrogens is 298 g/mol. The number of piperidine rings is 1. The second-order valence-electron chi connectivity index (χ2n) is 6.63. The molecule has 3 heterocycles. The molecular formula is C19H23N5. The van der Waals surface area contributed by atoms with E-state index in [1.54, 1.807) is 6.20 Å². The summed E-state index contributed by atoms with van der Waals surface area (Å²) >= 11 is 0. The predicted molar refractivity (Wildman–Crippen MR) is 95.1 cm³/mol. The molecule has 1 atom stereocenters. The van der Waals surface area contributed by atoms with E-state index in [2.05, 4.69) is 50.5 Å². The van der Waals surface area contributed by atoms with E-state index in [0.717, 1.165) is 30.6 Å². The molecule has 0 N–H and O–H groups in total. The quantitative estimate of drug-likeness (QED) is 0.723. The second-order valence-corrected chi connectivity index (χ2v) is 6.63. The molecule has 1 fully saturated rings. The van der Waals surface area contributed by atoms with Gasteiger partial charge in [0.1, 0.15) is 0 Å². The first-order chi connectivity index (χ1) is 11.9. The zero-order valence-corrected chi connectivity index (χ0v) is 13.9. The Bertz CT molecular complexity index is 783. The smallest absolute Gasteiger partial charge is 0.248 e. The number of aryl methyl sites for hydroxylation is 1. The Kier molecular flexibility index (Phi) is 4.40. The fraction of sp³-hybridized carbons (Fsp3) is 0.421. The summed E-state index contributed by atoms with van der Waals surface area (Å²) in [4.78, 5) is 2.35. The molecule has 5 heteroatoms. The van der Waals surface area contributed by atoms with Crippen LogP contribution in [0.4, 0.5) is 5.95 Å². The van der Waals surface area contributed by atoms with E-state index in [1.165, 1.54) is 37.7 Å². The summed E-state index contributed by atoms with van der Waals surface area (Å²) in [6.07, 6.45) is 8.03. The van der Waals surface area contributed by atoms with Crippen LogP contribution in [0, 0.1) is 5.92 Å². The van der Waals surface area contributed by atoms with E-state index >= 15 is 0 Å². The third-order valence-electron chi connectivity index (χ3n) is 4.88. The fourth-order valence-electron chi connectivity index (χ4n) is 3.65. The van der Waals surface area contributed by atoms with Crippen molar-refractivity contribution >= 4 is 11.6 Å². The molecule has 1 saturated heterocycles. The van der Waals surface area contributed by atoms with Gasteiger partial charge in [-0.1, -0.05) is 30.3 Å². The maximum absolute atomic E-state index is 4.39. The summed E-state index contributed by atoms with van der Waals surface area (Å²) < 4.78 is 1.85. The van der Waals surface area contributed by atoms with Gasteiger partial charge in [-0.3, -0.25) is 0 Å². The van der Waals surface area contributed by atoms with E-state index in [4.69, 9.17) is 0 Å². The minimum absolute atomic E-state index is 0.735. The Morgan fingerprint density at radius 1 is 1.04 bits per heavy atom. The summed E-state index contributed by atoms with van der Waals surface area (Å²) in [6, 6.07) is 14.6. The van der Waals surface area contributed by atoms with Crippen molar-refractivity contribution in [1.82, 2.24) is 19.8 Å². The summed E-state index contributed by atoms with van der Waals surface area (Å²) in [6.45, 7) is 2.11. The molecule has 0 aliphatic carbocycles. The lowest BCUT2D eigenvalue weighted by Crippen LogP contribution is -2.36. The Hall–Kier alpha value is -2.43. The first-order valence-electron chi connectivity index (χ1n) is 8.85. The van der Waals surface area contributed by atoms with Crippen molar-refractivity contribution in [3.63, 3.8) is 0 Å². The molecule has 1 unspecified atom stereocenters. The van der Waals surface area contributed by atoms with E-state index in [-0.39, 0.29) is 0 Å². The van der Waals surface area contributed by atoms with Crippen molar-refractivity contribution in [3.8, 4) is 0 Å². The van der Waals surface area contributed by atoms with Crippen LogP contribution in [0.3, 0.4) is 0 Å². The van der Waals surface area contributed by atoms with Crippen LogP contribution in [0.2, 0.25) is 0 Å². The molecule has 5 nitrogen and oxygen atoms in total. The van der Waals surface area contributed by atoms with Crippen molar-refractivity contribution in [3.05, 3.63) is 54.2 Å². The molecule has 0 radical (unpaired) electrons. The molecule has 0 saturated carbocycles. The molecule has 1 aromatic carbocycles. The zero-order chi connectivity index (χ0) is 16.2. The van der Waals surface area contributed by atoms with Crippen molar-refractivity contribution in [1.29, 1.82) is 0 Å². The highest BCUT2D eigenvalue weighted by atomic mass is 15.5. The fourth-order valence-corrected chi connectivity index (χ4v) is 3.65. The minimum Gasteiger partial charge on any atom is -0.339 e. The number of benzene rings is 1. The van der Waals surface area contributed by atoms with E-state index in [0.29, 0.717) is 0 Å². The highest BCUT2D eigenvalue weighted by Gasteiger charge is 2.23. The van der Waals surface area contributed by atoms with Crippen LogP contribution >= 0.6 is 0 Å². The van der Waals surface area contributed by atoms with Crippen LogP contribution in [0.15, 0.2) is 48.7 Å². The van der Waals surface area contributed by atoms with Crippen molar-refractivity contribution in [2.24, 2.45) is 5.92 Å². The maximum atomic E-state index is 4.39. The van der Waals surface area contributed by atoms with Gasteiger partial charge in [-0.05, 0) is 55.7 Å². The monoisotopic (exact) mass is 321 g/mol. The van der Waals surface area contributed by atoms with Crippen LogP contribution < -0.4 is 4.90 Å². The Morgan fingerprint density at radius 2 is 1.96 bits per heavy atom. The number of rotatable bonds is 5. The molecule has 24 heavy (non-hydrogen) atoms. The predicted octanol–water partition coefficient (Wildman–Crippen LogP) is 3.36. The number of hydrogen-bond acceptors (Lipinski definition) is 4. The summed E-state index contributed by atoms with van der Waals surface area (Å²) in [5, 5.41) is 13.0. The van der Waals surface area contributed by atoms with Gasteiger partial charge in [0.15, 0.2) is 5.65 Å².